The number of esters is 2. The molecular formula is C13H20N2O4S. The number of hydrogen-bond donors (Lipinski definition) is 1. The van der Waals surface area contributed by atoms with Crippen LogP contribution in [0.5, 0.6) is 0 Å². The number of ether oxygens (including phenoxy) is 2. The van der Waals surface area contributed by atoms with Gasteiger partial charge in [0.1, 0.15) is 15.4 Å². The van der Waals surface area contributed by atoms with Gasteiger partial charge >= 0.3 is 11.9 Å². The minimum Gasteiger partial charge on any atom is -0.462 e. The maximum Gasteiger partial charge on any atom is 0.350 e. The molecule has 20 heavy (non-hydrogen) atoms. The van der Waals surface area contributed by atoms with E-state index in [0.717, 1.165) is 11.3 Å². The largest absolute Gasteiger partial charge is 0.462 e. The highest BCUT2D eigenvalue weighted by molar-refractivity contribution is 7.19. The lowest BCUT2D eigenvalue weighted by molar-refractivity contribution is 0.0527. The van der Waals surface area contributed by atoms with Crippen LogP contribution in [-0.2, 0) is 9.47 Å². The second-order valence-corrected chi connectivity index (χ2v) is 4.98. The first-order valence-electron chi connectivity index (χ1n) is 6.45. The van der Waals surface area contributed by atoms with Crippen LogP contribution in [0.25, 0.3) is 0 Å². The summed E-state index contributed by atoms with van der Waals surface area (Å²) in [5, 5.41) is 0.617. The Morgan fingerprint density at radius 3 is 2.20 bits per heavy atom. The summed E-state index contributed by atoms with van der Waals surface area (Å²) < 4.78 is 9.96. The maximum absolute atomic E-state index is 12.0. The van der Waals surface area contributed by atoms with Crippen LogP contribution in [-0.4, -0.2) is 38.7 Å². The summed E-state index contributed by atoms with van der Waals surface area (Å²) in [6.07, 6.45) is 0. The van der Waals surface area contributed by atoms with Crippen molar-refractivity contribution < 1.29 is 19.1 Å². The molecule has 0 atom stereocenters. The molecule has 0 unspecified atom stereocenters. The van der Waals surface area contributed by atoms with Gasteiger partial charge in [-0.25, -0.2) is 9.59 Å². The molecule has 0 aliphatic rings. The van der Waals surface area contributed by atoms with Gasteiger partial charge in [0.05, 0.1) is 18.9 Å². The van der Waals surface area contributed by atoms with Crippen LogP contribution in [0.3, 0.4) is 0 Å². The lowest BCUT2D eigenvalue weighted by Gasteiger charge is -2.16. The molecular weight excluding hydrogens is 280 g/mol. The van der Waals surface area contributed by atoms with Gasteiger partial charge < -0.3 is 20.1 Å². The summed E-state index contributed by atoms with van der Waals surface area (Å²) in [5.41, 5.74) is 6.31. The summed E-state index contributed by atoms with van der Waals surface area (Å²) in [5.74, 6) is -1.04. The van der Waals surface area contributed by atoms with Crippen LogP contribution in [0.1, 0.15) is 40.8 Å². The Morgan fingerprint density at radius 1 is 1.15 bits per heavy atom. The number of carbonyl (C=O) groups is 2. The third-order valence-electron chi connectivity index (χ3n) is 2.69. The van der Waals surface area contributed by atoms with Crippen molar-refractivity contribution in [3.63, 3.8) is 0 Å². The number of anilines is 2. The Hall–Kier alpha value is -1.76. The topological polar surface area (TPSA) is 81.9 Å². The van der Waals surface area contributed by atoms with Gasteiger partial charge in [-0.15, -0.1) is 11.3 Å². The van der Waals surface area contributed by atoms with E-state index in [9.17, 15) is 9.59 Å². The molecule has 1 aromatic heterocycles. The van der Waals surface area contributed by atoms with E-state index in [1.807, 2.05) is 18.9 Å². The first kappa shape index (κ1) is 16.3. The first-order chi connectivity index (χ1) is 9.47. The van der Waals surface area contributed by atoms with E-state index in [2.05, 4.69) is 0 Å². The number of nitrogen functional groups attached to an aromatic ring is 1. The van der Waals surface area contributed by atoms with Crippen molar-refractivity contribution in [1.29, 1.82) is 0 Å². The van der Waals surface area contributed by atoms with Crippen LogP contribution >= 0.6 is 11.3 Å². The third-order valence-corrected chi connectivity index (χ3v) is 3.99. The molecule has 1 aromatic rings. The number of carbonyl (C=O) groups excluding carboxylic acids is 2. The number of rotatable bonds is 6. The molecule has 0 spiro atoms. The molecule has 112 valence electrons. The normalized spacial score (nSPS) is 10.2. The van der Waals surface area contributed by atoms with Crippen molar-refractivity contribution >= 4 is 34.0 Å². The second-order valence-electron chi connectivity index (χ2n) is 3.98. The van der Waals surface area contributed by atoms with E-state index in [-0.39, 0.29) is 29.3 Å². The molecule has 0 bridgehead atoms. The zero-order valence-corrected chi connectivity index (χ0v) is 13.0. The average Bonchev–Trinajstić information content (AvgIpc) is 2.76. The summed E-state index contributed by atoms with van der Waals surface area (Å²) in [6.45, 7) is 6.55. The van der Waals surface area contributed by atoms with Gasteiger partial charge in [-0.3, -0.25) is 0 Å². The highest BCUT2D eigenvalue weighted by Gasteiger charge is 2.28. The smallest absolute Gasteiger partial charge is 0.350 e. The summed E-state index contributed by atoms with van der Waals surface area (Å²) >= 11 is 1.15. The van der Waals surface area contributed by atoms with Crippen molar-refractivity contribution in [3.8, 4) is 0 Å². The minimum atomic E-state index is -0.521. The fourth-order valence-electron chi connectivity index (χ4n) is 1.59. The monoisotopic (exact) mass is 300 g/mol. The minimum absolute atomic E-state index is 0.127. The quantitative estimate of drug-likeness (QED) is 0.811. The molecule has 0 fully saturated rings. The molecule has 2 N–H and O–H groups in total. The predicted octanol–water partition coefficient (Wildman–Crippen LogP) is 2.14. The van der Waals surface area contributed by atoms with Gasteiger partial charge in [0, 0.05) is 13.6 Å². The molecule has 0 saturated heterocycles. The Kier molecular flexibility index (Phi) is 5.82. The van der Waals surface area contributed by atoms with Gasteiger partial charge in [0.15, 0.2) is 0 Å². The highest BCUT2D eigenvalue weighted by atomic mass is 32.1. The molecule has 0 aliphatic heterocycles. The van der Waals surface area contributed by atoms with Crippen LogP contribution in [0.15, 0.2) is 0 Å². The summed E-state index contributed by atoms with van der Waals surface area (Å²) in [4.78, 5) is 26.0. The van der Waals surface area contributed by atoms with E-state index >= 15 is 0 Å². The molecule has 1 heterocycles. The summed E-state index contributed by atoms with van der Waals surface area (Å²) in [7, 11) is 1.82. The van der Waals surface area contributed by atoms with Crippen molar-refractivity contribution in [3.05, 3.63) is 10.4 Å². The Labute approximate surface area is 122 Å². The maximum atomic E-state index is 12.0. The molecule has 0 aromatic carbocycles. The van der Waals surface area contributed by atoms with Crippen LogP contribution in [0.4, 0.5) is 10.7 Å². The zero-order chi connectivity index (χ0) is 15.3. The van der Waals surface area contributed by atoms with E-state index in [4.69, 9.17) is 15.2 Å². The van der Waals surface area contributed by atoms with Gasteiger partial charge in [0.2, 0.25) is 0 Å². The molecule has 0 radical (unpaired) electrons. The average molecular weight is 300 g/mol. The molecule has 1 rings (SSSR count). The van der Waals surface area contributed by atoms with E-state index in [1.165, 1.54) is 0 Å². The zero-order valence-electron chi connectivity index (χ0n) is 12.2. The Balaban J connectivity index is 3.31. The molecule has 0 amide bonds. The SMILES string of the molecule is CCOC(=O)c1sc(N(C)CC)c(C(=O)OCC)c1N. The Bertz CT molecular complexity index is 499. The van der Waals surface area contributed by atoms with Crippen molar-refractivity contribution in [1.82, 2.24) is 0 Å². The van der Waals surface area contributed by atoms with Crippen molar-refractivity contribution in [2.75, 3.05) is 37.4 Å². The fraction of sp³-hybridized carbons (Fsp3) is 0.538. The van der Waals surface area contributed by atoms with Crippen molar-refractivity contribution in [2.24, 2.45) is 0 Å². The number of nitrogens with two attached hydrogens (primary N) is 1. The molecule has 0 saturated carbocycles. The number of hydrogen-bond acceptors (Lipinski definition) is 7. The highest BCUT2D eigenvalue weighted by Crippen LogP contribution is 2.38. The lowest BCUT2D eigenvalue weighted by Crippen LogP contribution is -2.18. The third kappa shape index (κ3) is 3.22. The standard InChI is InChI=1S/C13H20N2O4S/c1-5-15(4)11-8(12(16)18-6-2)9(14)10(20-11)13(17)19-7-3/h5-7,14H2,1-4H3. The second kappa shape index (κ2) is 7.14. The lowest BCUT2D eigenvalue weighted by atomic mass is 10.2. The van der Waals surface area contributed by atoms with Crippen molar-refractivity contribution in [2.45, 2.75) is 20.8 Å². The predicted molar refractivity (Wildman–Crippen MR) is 79.6 cm³/mol. The summed E-state index contributed by atoms with van der Waals surface area (Å²) in [6, 6.07) is 0. The van der Waals surface area contributed by atoms with E-state index in [1.54, 1.807) is 13.8 Å². The van der Waals surface area contributed by atoms with E-state index in [0.29, 0.717) is 11.5 Å². The molecule has 0 aliphatic carbocycles. The number of thiophene rings is 1. The van der Waals surface area contributed by atoms with Gasteiger partial charge in [0.25, 0.3) is 0 Å². The molecule has 6 nitrogen and oxygen atoms in total. The van der Waals surface area contributed by atoms with Gasteiger partial charge in [-0.2, -0.15) is 0 Å². The van der Waals surface area contributed by atoms with Gasteiger partial charge in [-0.1, -0.05) is 0 Å². The van der Waals surface area contributed by atoms with Crippen LogP contribution in [0.2, 0.25) is 0 Å². The van der Waals surface area contributed by atoms with Gasteiger partial charge in [-0.05, 0) is 20.8 Å². The van der Waals surface area contributed by atoms with E-state index < -0.39 is 11.9 Å². The van der Waals surface area contributed by atoms with Crippen LogP contribution in [0, 0.1) is 0 Å². The van der Waals surface area contributed by atoms with Crippen LogP contribution < -0.4 is 10.6 Å². The molecule has 7 heteroatoms. The fourth-order valence-corrected chi connectivity index (χ4v) is 2.72. The Morgan fingerprint density at radius 2 is 1.70 bits per heavy atom. The first-order valence-corrected chi connectivity index (χ1v) is 7.27. The number of nitrogens with zero attached hydrogens (tertiary/aromatic N) is 1.